The van der Waals surface area contributed by atoms with Gasteiger partial charge in [-0.1, -0.05) is 35.5 Å². The first kappa shape index (κ1) is 18.7. The van der Waals surface area contributed by atoms with Crippen LogP contribution < -0.4 is 4.74 Å². The van der Waals surface area contributed by atoms with E-state index in [1.165, 1.54) is 12.1 Å². The fourth-order valence-electron chi connectivity index (χ4n) is 2.76. The highest BCUT2D eigenvalue weighted by Gasteiger charge is 2.14. The van der Waals surface area contributed by atoms with Crippen molar-refractivity contribution in [3.8, 4) is 16.9 Å². The lowest BCUT2D eigenvalue weighted by Crippen LogP contribution is -2.01. The molecule has 2 aromatic carbocycles. The Kier molecular flexibility index (Phi) is 5.41. The zero-order valence-electron chi connectivity index (χ0n) is 14.4. The Hall–Kier alpha value is -2.70. The van der Waals surface area contributed by atoms with Crippen LogP contribution in [-0.4, -0.2) is 16.6 Å². The van der Waals surface area contributed by atoms with Crippen molar-refractivity contribution in [2.45, 2.75) is 16.4 Å². The Labute approximate surface area is 169 Å². The highest BCUT2D eigenvalue weighted by Crippen LogP contribution is 2.40. The normalized spacial score (nSPS) is 11.1. The van der Waals surface area contributed by atoms with Crippen LogP contribution in [0.4, 0.5) is 8.78 Å². The maximum absolute atomic E-state index is 12.4. The molecule has 0 unspecified atom stereocenters. The molecule has 3 nitrogen and oxygen atoms in total. The van der Waals surface area contributed by atoms with E-state index in [-0.39, 0.29) is 5.75 Å². The van der Waals surface area contributed by atoms with Crippen LogP contribution in [-0.2, 0) is 0 Å². The first-order valence-corrected chi connectivity index (χ1v) is 9.52. The summed E-state index contributed by atoms with van der Waals surface area (Å²) in [6.07, 6.45) is 3.44. The molecule has 0 aliphatic carbocycles. The van der Waals surface area contributed by atoms with Gasteiger partial charge in [-0.25, -0.2) is 9.97 Å². The lowest BCUT2D eigenvalue weighted by atomic mass is 10.1. The van der Waals surface area contributed by atoms with E-state index in [1.54, 1.807) is 36.3 Å². The number of benzene rings is 2. The summed E-state index contributed by atoms with van der Waals surface area (Å²) in [4.78, 5) is 10.8. The number of nitrogens with zero attached hydrogens (tertiary/aromatic N) is 2. The van der Waals surface area contributed by atoms with E-state index in [0.29, 0.717) is 10.7 Å². The lowest BCUT2D eigenvalue weighted by molar-refractivity contribution is -0.0498. The molecule has 2 heterocycles. The molecule has 0 spiro atoms. The minimum Gasteiger partial charge on any atom is -0.435 e. The molecule has 0 saturated heterocycles. The summed E-state index contributed by atoms with van der Waals surface area (Å²) in [7, 11) is 0. The molecule has 0 bridgehead atoms. The summed E-state index contributed by atoms with van der Waals surface area (Å²) in [6.45, 7) is -2.85. The summed E-state index contributed by atoms with van der Waals surface area (Å²) < 4.78 is 29.2. The fourth-order valence-corrected chi connectivity index (χ4v) is 3.94. The summed E-state index contributed by atoms with van der Waals surface area (Å²) in [6, 6.07) is 17.9. The molecule has 4 rings (SSSR count). The molecule has 140 valence electrons. The van der Waals surface area contributed by atoms with Crippen LogP contribution >= 0.6 is 23.4 Å². The van der Waals surface area contributed by atoms with Gasteiger partial charge in [0.1, 0.15) is 5.75 Å². The third kappa shape index (κ3) is 4.08. The quantitative estimate of drug-likeness (QED) is 0.364. The van der Waals surface area contributed by atoms with E-state index in [9.17, 15) is 8.78 Å². The Bertz CT molecular complexity index is 1110. The number of alkyl halides is 2. The van der Waals surface area contributed by atoms with E-state index in [0.717, 1.165) is 26.3 Å². The largest absolute Gasteiger partial charge is 0.435 e. The Morgan fingerprint density at radius 2 is 1.68 bits per heavy atom. The predicted molar refractivity (Wildman–Crippen MR) is 107 cm³/mol. The maximum Gasteiger partial charge on any atom is 0.387 e. The molecule has 0 aliphatic heterocycles. The van der Waals surface area contributed by atoms with Crippen molar-refractivity contribution in [1.82, 2.24) is 9.97 Å². The van der Waals surface area contributed by atoms with Crippen LogP contribution in [0.1, 0.15) is 0 Å². The number of hydrogen-bond donors (Lipinski definition) is 0. The van der Waals surface area contributed by atoms with Crippen molar-refractivity contribution in [3.63, 3.8) is 0 Å². The molecule has 0 saturated carbocycles. The summed E-state index contributed by atoms with van der Waals surface area (Å²) >= 11 is 7.57. The molecule has 4 aromatic rings. The summed E-state index contributed by atoms with van der Waals surface area (Å²) in [5.41, 5.74) is 2.36. The number of fused-ring (bicyclic) bond motifs is 1. The van der Waals surface area contributed by atoms with Crippen molar-refractivity contribution in [3.05, 3.63) is 78.1 Å². The molecular weight excluding hydrogens is 402 g/mol. The monoisotopic (exact) mass is 414 g/mol. The molecule has 0 radical (unpaired) electrons. The number of aromatic nitrogens is 2. The molecule has 0 aliphatic rings. The molecular formula is C21H13ClF2N2OS. The average molecular weight is 415 g/mol. The van der Waals surface area contributed by atoms with Crippen molar-refractivity contribution in [2.24, 2.45) is 0 Å². The van der Waals surface area contributed by atoms with E-state index >= 15 is 0 Å². The standard InChI is InChI=1S/C21H13ClF2N2OS/c22-14-5-9-16(10-6-14)28-19-17-2-1-11-25-20(17)26-12-18(19)13-3-7-15(8-4-13)27-21(23)24/h1-12,21H. The summed E-state index contributed by atoms with van der Waals surface area (Å²) in [5, 5.41) is 1.58. The van der Waals surface area contributed by atoms with E-state index in [4.69, 9.17) is 11.6 Å². The van der Waals surface area contributed by atoms with Gasteiger partial charge >= 0.3 is 6.61 Å². The first-order valence-electron chi connectivity index (χ1n) is 8.32. The average Bonchev–Trinajstić information content (AvgIpc) is 2.70. The molecule has 28 heavy (non-hydrogen) atoms. The highest BCUT2D eigenvalue weighted by atomic mass is 35.5. The van der Waals surface area contributed by atoms with Gasteiger partial charge in [0, 0.05) is 38.2 Å². The fraction of sp³-hybridized carbons (Fsp3) is 0.0476. The second kappa shape index (κ2) is 8.12. The van der Waals surface area contributed by atoms with Crippen LogP contribution in [0.15, 0.2) is 82.8 Å². The van der Waals surface area contributed by atoms with Crippen molar-refractivity contribution in [1.29, 1.82) is 0 Å². The Balaban J connectivity index is 1.80. The first-order chi connectivity index (χ1) is 13.6. The number of ether oxygens (including phenoxy) is 1. The molecule has 0 amide bonds. The van der Waals surface area contributed by atoms with Gasteiger partial charge in [0.05, 0.1) is 0 Å². The van der Waals surface area contributed by atoms with Crippen LogP contribution in [0, 0.1) is 0 Å². The van der Waals surface area contributed by atoms with E-state index in [1.807, 2.05) is 36.4 Å². The third-order valence-electron chi connectivity index (χ3n) is 4.02. The SMILES string of the molecule is FC(F)Oc1ccc(-c2cnc3ncccc3c2Sc2ccc(Cl)cc2)cc1. The van der Waals surface area contributed by atoms with Gasteiger partial charge in [-0.05, 0) is 54.1 Å². The lowest BCUT2D eigenvalue weighted by Gasteiger charge is -2.13. The Morgan fingerprint density at radius 3 is 2.39 bits per heavy atom. The van der Waals surface area contributed by atoms with Crippen molar-refractivity contribution < 1.29 is 13.5 Å². The van der Waals surface area contributed by atoms with Gasteiger partial charge in [0.15, 0.2) is 5.65 Å². The molecule has 0 fully saturated rings. The Morgan fingerprint density at radius 1 is 0.929 bits per heavy atom. The second-order valence-electron chi connectivity index (χ2n) is 5.83. The van der Waals surface area contributed by atoms with Gasteiger partial charge < -0.3 is 4.74 Å². The van der Waals surface area contributed by atoms with E-state index < -0.39 is 6.61 Å². The topological polar surface area (TPSA) is 35.0 Å². The minimum atomic E-state index is -2.85. The third-order valence-corrected chi connectivity index (χ3v) is 5.42. The zero-order chi connectivity index (χ0) is 19.5. The summed E-state index contributed by atoms with van der Waals surface area (Å²) in [5.74, 6) is 0.112. The van der Waals surface area contributed by atoms with Gasteiger partial charge in [-0.15, -0.1) is 0 Å². The second-order valence-corrected chi connectivity index (χ2v) is 7.35. The van der Waals surface area contributed by atoms with Gasteiger partial charge in [-0.3, -0.25) is 0 Å². The zero-order valence-corrected chi connectivity index (χ0v) is 15.9. The van der Waals surface area contributed by atoms with Crippen LogP contribution in [0.2, 0.25) is 5.02 Å². The number of rotatable bonds is 5. The molecule has 0 N–H and O–H groups in total. The smallest absolute Gasteiger partial charge is 0.387 e. The van der Waals surface area contributed by atoms with E-state index in [2.05, 4.69) is 14.7 Å². The predicted octanol–water partition coefficient (Wildman–Crippen LogP) is 6.70. The molecule has 0 atom stereocenters. The highest BCUT2D eigenvalue weighted by molar-refractivity contribution is 7.99. The minimum absolute atomic E-state index is 0.112. The van der Waals surface area contributed by atoms with Gasteiger partial charge in [0.2, 0.25) is 0 Å². The van der Waals surface area contributed by atoms with Crippen LogP contribution in [0.3, 0.4) is 0 Å². The van der Waals surface area contributed by atoms with Crippen LogP contribution in [0.25, 0.3) is 22.2 Å². The number of pyridine rings is 2. The maximum atomic E-state index is 12.4. The number of halogens is 3. The van der Waals surface area contributed by atoms with Crippen molar-refractivity contribution in [2.75, 3.05) is 0 Å². The van der Waals surface area contributed by atoms with Gasteiger partial charge in [-0.2, -0.15) is 8.78 Å². The van der Waals surface area contributed by atoms with Crippen LogP contribution in [0.5, 0.6) is 5.75 Å². The molecule has 2 aromatic heterocycles. The number of hydrogen-bond acceptors (Lipinski definition) is 4. The molecule has 7 heteroatoms. The van der Waals surface area contributed by atoms with Crippen molar-refractivity contribution >= 4 is 34.4 Å². The van der Waals surface area contributed by atoms with Gasteiger partial charge in [0.25, 0.3) is 0 Å².